The lowest BCUT2D eigenvalue weighted by Crippen LogP contribution is -2.40. The van der Waals surface area contributed by atoms with E-state index in [0.717, 1.165) is 24.3 Å². The van der Waals surface area contributed by atoms with E-state index in [1.54, 1.807) is 0 Å². The van der Waals surface area contributed by atoms with Crippen LogP contribution >= 0.6 is 15.9 Å². The van der Waals surface area contributed by atoms with Crippen LogP contribution in [0.25, 0.3) is 0 Å². The average molecular weight is 310 g/mol. The molecule has 0 spiro atoms. The third-order valence-electron chi connectivity index (χ3n) is 3.99. The fourth-order valence-electron chi connectivity index (χ4n) is 2.52. The molecule has 0 N–H and O–H groups in total. The predicted molar refractivity (Wildman–Crippen MR) is 82.3 cm³/mol. The first-order chi connectivity index (χ1) is 8.83. The van der Waals surface area contributed by atoms with Gasteiger partial charge < -0.3 is 0 Å². The summed E-state index contributed by atoms with van der Waals surface area (Å²) >= 11 is 3.54. The highest BCUT2D eigenvalue weighted by atomic mass is 79.9. The van der Waals surface area contributed by atoms with Crippen LogP contribution < -0.4 is 0 Å². The molecule has 1 saturated carbocycles. The van der Waals surface area contributed by atoms with E-state index in [4.69, 9.17) is 0 Å². The van der Waals surface area contributed by atoms with Gasteiger partial charge in [-0.1, -0.05) is 53.5 Å². The average Bonchev–Trinajstić information content (AvgIpc) is 2.34. The Morgan fingerprint density at radius 1 is 1.17 bits per heavy atom. The summed E-state index contributed by atoms with van der Waals surface area (Å²) in [6.07, 6.45) is 6.61. The second-order valence-electron chi connectivity index (χ2n) is 5.27. The molecule has 2 heteroatoms. The van der Waals surface area contributed by atoms with Crippen molar-refractivity contribution in [1.82, 2.24) is 4.90 Å². The number of alkyl halides is 1. The summed E-state index contributed by atoms with van der Waals surface area (Å²) in [5.74, 6) is 0. The van der Waals surface area contributed by atoms with Crippen molar-refractivity contribution in [1.29, 1.82) is 0 Å². The molecule has 0 aliphatic heterocycles. The fourth-order valence-corrected chi connectivity index (χ4v) is 2.77. The zero-order chi connectivity index (χ0) is 12.8. The van der Waals surface area contributed by atoms with E-state index in [-0.39, 0.29) is 0 Å². The molecule has 0 aromatic heterocycles. The maximum Gasteiger partial charge on any atom is 0.0236 e. The highest BCUT2D eigenvalue weighted by Gasteiger charge is 2.24. The summed E-state index contributed by atoms with van der Waals surface area (Å²) in [4.78, 5) is 2.67. The van der Waals surface area contributed by atoms with Crippen LogP contribution in [0.2, 0.25) is 0 Å². The molecule has 0 heterocycles. The summed E-state index contributed by atoms with van der Waals surface area (Å²) in [5, 5.41) is 1.12. The van der Waals surface area contributed by atoms with Crippen molar-refractivity contribution in [2.24, 2.45) is 0 Å². The second-order valence-corrected chi connectivity index (χ2v) is 6.06. The summed E-state index contributed by atoms with van der Waals surface area (Å²) < 4.78 is 0. The van der Waals surface area contributed by atoms with Gasteiger partial charge in [-0.05, 0) is 43.4 Å². The molecule has 100 valence electrons. The highest BCUT2D eigenvalue weighted by molar-refractivity contribution is 9.09. The number of rotatable bonds is 7. The molecule has 1 aromatic rings. The minimum Gasteiger partial charge on any atom is -0.296 e. The van der Waals surface area contributed by atoms with Crippen LogP contribution in [0, 0.1) is 0 Å². The van der Waals surface area contributed by atoms with Gasteiger partial charge in [0.25, 0.3) is 0 Å². The van der Waals surface area contributed by atoms with Gasteiger partial charge in [-0.2, -0.15) is 0 Å². The summed E-state index contributed by atoms with van der Waals surface area (Å²) in [7, 11) is 0. The molecule has 1 nitrogen and oxygen atoms in total. The van der Waals surface area contributed by atoms with E-state index in [1.807, 2.05) is 0 Å². The van der Waals surface area contributed by atoms with Gasteiger partial charge in [0, 0.05) is 17.9 Å². The molecule has 1 aliphatic rings. The van der Waals surface area contributed by atoms with Crippen molar-refractivity contribution < 1.29 is 0 Å². The van der Waals surface area contributed by atoms with Crippen molar-refractivity contribution in [2.75, 3.05) is 11.9 Å². The summed E-state index contributed by atoms with van der Waals surface area (Å²) in [6.45, 7) is 4.57. The molecular weight excluding hydrogens is 286 g/mol. The van der Waals surface area contributed by atoms with Gasteiger partial charge in [-0.15, -0.1) is 0 Å². The molecular formula is C16H24BrN. The first-order valence-electron chi connectivity index (χ1n) is 7.21. The van der Waals surface area contributed by atoms with E-state index >= 15 is 0 Å². The second kappa shape index (κ2) is 7.30. The number of halogens is 1. The minimum absolute atomic E-state index is 0.843. The largest absolute Gasteiger partial charge is 0.296 e. The van der Waals surface area contributed by atoms with Crippen molar-refractivity contribution in [3.63, 3.8) is 0 Å². The Hall–Kier alpha value is -0.340. The number of nitrogens with zero attached hydrogens (tertiary/aromatic N) is 1. The quantitative estimate of drug-likeness (QED) is 0.675. The third-order valence-corrected chi connectivity index (χ3v) is 4.55. The Kier molecular flexibility index (Phi) is 5.71. The Labute approximate surface area is 120 Å². The van der Waals surface area contributed by atoms with Gasteiger partial charge in [0.15, 0.2) is 0 Å². The van der Waals surface area contributed by atoms with E-state index in [2.05, 4.69) is 52.0 Å². The lowest BCUT2D eigenvalue weighted by molar-refractivity contribution is 0.120. The lowest BCUT2D eigenvalue weighted by atomic mass is 9.91. The van der Waals surface area contributed by atoms with Crippen molar-refractivity contribution in [3.8, 4) is 0 Å². The molecule has 1 fully saturated rings. The predicted octanol–water partition coefficient (Wildman–Crippen LogP) is 4.39. The third kappa shape index (κ3) is 3.83. The normalized spacial score (nSPS) is 15.9. The SMILES string of the molecule is CCc1ccc(CN(CCCBr)C2CCC2)cc1. The molecule has 1 aromatic carbocycles. The Morgan fingerprint density at radius 2 is 1.83 bits per heavy atom. The van der Waals surface area contributed by atoms with Crippen molar-refractivity contribution in [3.05, 3.63) is 35.4 Å². The molecule has 0 bridgehead atoms. The van der Waals surface area contributed by atoms with Crippen LogP contribution in [0.15, 0.2) is 24.3 Å². The summed E-state index contributed by atoms with van der Waals surface area (Å²) in [5.41, 5.74) is 2.91. The lowest BCUT2D eigenvalue weighted by Gasteiger charge is -2.37. The Balaban J connectivity index is 1.93. The van der Waals surface area contributed by atoms with Crippen LogP contribution in [-0.4, -0.2) is 22.8 Å². The van der Waals surface area contributed by atoms with Crippen LogP contribution in [-0.2, 0) is 13.0 Å². The fraction of sp³-hybridized carbons (Fsp3) is 0.625. The van der Waals surface area contributed by atoms with Crippen molar-refractivity contribution in [2.45, 2.75) is 51.6 Å². The maximum atomic E-state index is 3.54. The first-order valence-corrected chi connectivity index (χ1v) is 8.33. The van der Waals surface area contributed by atoms with Gasteiger partial charge >= 0.3 is 0 Å². The van der Waals surface area contributed by atoms with Crippen molar-refractivity contribution >= 4 is 15.9 Å². The molecule has 0 amide bonds. The zero-order valence-corrected chi connectivity index (χ0v) is 13.0. The van der Waals surface area contributed by atoms with Crippen LogP contribution in [0.3, 0.4) is 0 Å². The van der Waals surface area contributed by atoms with Gasteiger partial charge in [0.2, 0.25) is 0 Å². The number of hydrogen-bond donors (Lipinski definition) is 0. The zero-order valence-electron chi connectivity index (χ0n) is 11.4. The monoisotopic (exact) mass is 309 g/mol. The van der Waals surface area contributed by atoms with Crippen LogP contribution in [0.5, 0.6) is 0 Å². The minimum atomic E-state index is 0.843. The number of hydrogen-bond acceptors (Lipinski definition) is 1. The van der Waals surface area contributed by atoms with E-state index < -0.39 is 0 Å². The number of aryl methyl sites for hydroxylation is 1. The van der Waals surface area contributed by atoms with E-state index in [0.29, 0.717) is 0 Å². The molecule has 0 unspecified atom stereocenters. The Morgan fingerprint density at radius 3 is 2.33 bits per heavy atom. The maximum absolute atomic E-state index is 3.54. The smallest absolute Gasteiger partial charge is 0.0236 e. The van der Waals surface area contributed by atoms with Gasteiger partial charge in [0.05, 0.1) is 0 Å². The molecule has 1 aliphatic carbocycles. The standard InChI is InChI=1S/C16H24BrN/c1-2-14-7-9-15(10-8-14)13-18(12-4-11-17)16-5-3-6-16/h7-10,16H,2-6,11-13H2,1H3. The molecule has 2 rings (SSSR count). The molecule has 0 saturated heterocycles. The molecule has 18 heavy (non-hydrogen) atoms. The van der Waals surface area contributed by atoms with E-state index in [9.17, 15) is 0 Å². The first kappa shape index (κ1) is 14.1. The van der Waals surface area contributed by atoms with Gasteiger partial charge in [0.1, 0.15) is 0 Å². The van der Waals surface area contributed by atoms with Crippen LogP contribution in [0.1, 0.15) is 43.7 Å². The molecule has 0 atom stereocenters. The van der Waals surface area contributed by atoms with Gasteiger partial charge in [-0.25, -0.2) is 0 Å². The van der Waals surface area contributed by atoms with E-state index in [1.165, 1.54) is 43.4 Å². The molecule has 0 radical (unpaired) electrons. The topological polar surface area (TPSA) is 3.24 Å². The van der Waals surface area contributed by atoms with Gasteiger partial charge in [-0.3, -0.25) is 4.90 Å². The van der Waals surface area contributed by atoms with Crippen LogP contribution in [0.4, 0.5) is 0 Å². The number of benzene rings is 1. The summed E-state index contributed by atoms with van der Waals surface area (Å²) in [6, 6.07) is 10.0. The highest BCUT2D eigenvalue weighted by Crippen LogP contribution is 2.26. The Bertz CT molecular complexity index is 343.